The first kappa shape index (κ1) is 13.4. The second-order valence-corrected chi connectivity index (χ2v) is 6.12. The van der Waals surface area contributed by atoms with Gasteiger partial charge < -0.3 is 10.6 Å². The van der Waals surface area contributed by atoms with E-state index in [2.05, 4.69) is 31.6 Å². The highest BCUT2D eigenvalue weighted by Crippen LogP contribution is 2.18. The van der Waals surface area contributed by atoms with Crippen LogP contribution in [0.5, 0.6) is 0 Å². The maximum absolute atomic E-state index is 12.0. The lowest BCUT2D eigenvalue weighted by atomic mass is 10.3. The lowest BCUT2D eigenvalue weighted by Gasteiger charge is -2.12. The average Bonchev–Trinajstić information content (AvgIpc) is 2.85. The molecule has 18 heavy (non-hydrogen) atoms. The number of amidine groups is 1. The highest BCUT2D eigenvalue weighted by molar-refractivity contribution is 9.10. The summed E-state index contributed by atoms with van der Waals surface area (Å²) in [6.45, 7) is 3.54. The molecule has 2 rings (SSSR count). The summed E-state index contributed by atoms with van der Waals surface area (Å²) in [5.41, 5.74) is 0.803. The SMILES string of the molecule is C[C@H](SC1=NCCN1)C(=O)Nc1ccc(Br)cc1. The number of hydrogen-bond donors (Lipinski definition) is 2. The predicted molar refractivity (Wildman–Crippen MR) is 80.1 cm³/mol. The maximum Gasteiger partial charge on any atom is 0.237 e. The van der Waals surface area contributed by atoms with Gasteiger partial charge in [0.25, 0.3) is 0 Å². The van der Waals surface area contributed by atoms with Crippen LogP contribution in [0.3, 0.4) is 0 Å². The Morgan fingerprint density at radius 2 is 2.22 bits per heavy atom. The molecule has 0 fully saturated rings. The quantitative estimate of drug-likeness (QED) is 0.896. The molecule has 0 saturated heterocycles. The Balaban J connectivity index is 1.88. The zero-order valence-electron chi connectivity index (χ0n) is 9.94. The van der Waals surface area contributed by atoms with E-state index >= 15 is 0 Å². The number of anilines is 1. The summed E-state index contributed by atoms with van der Waals surface area (Å²) >= 11 is 4.81. The lowest BCUT2D eigenvalue weighted by Crippen LogP contribution is -2.26. The van der Waals surface area contributed by atoms with Crippen molar-refractivity contribution in [1.82, 2.24) is 5.32 Å². The van der Waals surface area contributed by atoms with Crippen LogP contribution >= 0.6 is 27.7 Å². The Hall–Kier alpha value is -1.01. The van der Waals surface area contributed by atoms with E-state index in [9.17, 15) is 4.79 Å². The average molecular weight is 328 g/mol. The fraction of sp³-hybridized carbons (Fsp3) is 0.333. The van der Waals surface area contributed by atoms with Crippen molar-refractivity contribution in [1.29, 1.82) is 0 Å². The molecule has 0 spiro atoms. The molecule has 1 heterocycles. The van der Waals surface area contributed by atoms with Gasteiger partial charge in [-0.05, 0) is 31.2 Å². The zero-order chi connectivity index (χ0) is 13.0. The second kappa shape index (κ2) is 6.24. The first-order valence-corrected chi connectivity index (χ1v) is 7.34. The Labute approximate surface area is 119 Å². The van der Waals surface area contributed by atoms with Crippen LogP contribution < -0.4 is 10.6 Å². The largest absolute Gasteiger partial charge is 0.363 e. The van der Waals surface area contributed by atoms with Gasteiger partial charge in [0.15, 0.2) is 5.17 Å². The number of thioether (sulfide) groups is 1. The summed E-state index contributed by atoms with van der Waals surface area (Å²) in [5.74, 6) is -0.0151. The third-order valence-corrected chi connectivity index (χ3v) is 4.01. The Bertz CT molecular complexity index is 461. The van der Waals surface area contributed by atoms with Gasteiger partial charge in [0, 0.05) is 16.7 Å². The van der Waals surface area contributed by atoms with Gasteiger partial charge in [-0.25, -0.2) is 0 Å². The molecule has 1 atom stereocenters. The fourth-order valence-electron chi connectivity index (χ4n) is 1.45. The highest BCUT2D eigenvalue weighted by atomic mass is 79.9. The van der Waals surface area contributed by atoms with Crippen LogP contribution in [0.1, 0.15) is 6.92 Å². The summed E-state index contributed by atoms with van der Waals surface area (Å²) in [6.07, 6.45) is 0. The molecule has 6 heteroatoms. The minimum atomic E-state index is -0.169. The summed E-state index contributed by atoms with van der Waals surface area (Å²) in [6, 6.07) is 7.53. The highest BCUT2D eigenvalue weighted by Gasteiger charge is 2.18. The normalized spacial score (nSPS) is 15.8. The van der Waals surface area contributed by atoms with E-state index in [1.807, 2.05) is 31.2 Å². The van der Waals surface area contributed by atoms with Crippen LogP contribution in [-0.4, -0.2) is 29.4 Å². The number of aliphatic imine (C=N–C) groups is 1. The van der Waals surface area contributed by atoms with Crippen molar-refractivity contribution in [2.75, 3.05) is 18.4 Å². The van der Waals surface area contributed by atoms with Crippen molar-refractivity contribution in [3.05, 3.63) is 28.7 Å². The number of nitrogens with zero attached hydrogens (tertiary/aromatic N) is 1. The van der Waals surface area contributed by atoms with E-state index in [1.165, 1.54) is 11.8 Å². The zero-order valence-corrected chi connectivity index (χ0v) is 12.3. The van der Waals surface area contributed by atoms with Gasteiger partial charge in [-0.1, -0.05) is 27.7 Å². The van der Waals surface area contributed by atoms with Crippen LogP contribution in [0.25, 0.3) is 0 Å². The van der Waals surface area contributed by atoms with E-state index in [-0.39, 0.29) is 11.2 Å². The van der Waals surface area contributed by atoms with Gasteiger partial charge in [-0.2, -0.15) is 0 Å². The van der Waals surface area contributed by atoms with Gasteiger partial charge in [0.1, 0.15) is 0 Å². The number of hydrogen-bond acceptors (Lipinski definition) is 4. The van der Waals surface area contributed by atoms with Crippen molar-refractivity contribution >= 4 is 44.5 Å². The number of carbonyl (C=O) groups is 1. The van der Waals surface area contributed by atoms with Crippen LogP contribution in [0.4, 0.5) is 5.69 Å². The van der Waals surface area contributed by atoms with E-state index in [1.54, 1.807) is 0 Å². The summed E-state index contributed by atoms with van der Waals surface area (Å²) in [5, 5.41) is 6.71. The topological polar surface area (TPSA) is 53.5 Å². The van der Waals surface area contributed by atoms with Crippen LogP contribution in [0.15, 0.2) is 33.7 Å². The molecule has 1 aliphatic heterocycles. The van der Waals surface area contributed by atoms with Crippen molar-refractivity contribution in [2.24, 2.45) is 4.99 Å². The second-order valence-electron chi connectivity index (χ2n) is 3.87. The first-order chi connectivity index (χ1) is 8.65. The van der Waals surface area contributed by atoms with E-state index in [0.717, 1.165) is 28.4 Å². The number of carbonyl (C=O) groups excluding carboxylic acids is 1. The molecular weight excluding hydrogens is 314 g/mol. The van der Waals surface area contributed by atoms with Crippen LogP contribution in [-0.2, 0) is 4.79 Å². The monoisotopic (exact) mass is 327 g/mol. The van der Waals surface area contributed by atoms with Crippen LogP contribution in [0.2, 0.25) is 0 Å². The summed E-state index contributed by atoms with van der Waals surface area (Å²) < 4.78 is 0.993. The van der Waals surface area contributed by atoms with Crippen molar-refractivity contribution in [3.8, 4) is 0 Å². The van der Waals surface area contributed by atoms with Crippen molar-refractivity contribution in [3.63, 3.8) is 0 Å². The molecule has 0 bridgehead atoms. The summed E-state index contributed by atoms with van der Waals surface area (Å²) in [4.78, 5) is 16.2. The molecule has 0 aliphatic carbocycles. The minimum absolute atomic E-state index is 0.0151. The van der Waals surface area contributed by atoms with Crippen molar-refractivity contribution in [2.45, 2.75) is 12.2 Å². The van der Waals surface area contributed by atoms with Gasteiger partial charge in [0.2, 0.25) is 5.91 Å². The molecular formula is C12H14BrN3OS. The number of amides is 1. The summed E-state index contributed by atoms with van der Waals surface area (Å²) in [7, 11) is 0. The predicted octanol–water partition coefficient (Wildman–Crippen LogP) is 2.47. The molecule has 0 aromatic heterocycles. The molecule has 0 radical (unpaired) electrons. The van der Waals surface area contributed by atoms with Gasteiger partial charge in [0.05, 0.1) is 11.8 Å². The Morgan fingerprint density at radius 3 is 2.83 bits per heavy atom. The van der Waals surface area contributed by atoms with Crippen molar-refractivity contribution < 1.29 is 4.79 Å². The fourth-order valence-corrected chi connectivity index (χ4v) is 2.57. The standard InChI is InChI=1S/C12H14BrN3OS/c1-8(18-12-14-6-7-15-12)11(17)16-10-4-2-9(13)3-5-10/h2-5,8H,6-7H2,1H3,(H,14,15)(H,16,17)/t8-/m0/s1. The molecule has 1 aromatic carbocycles. The van der Waals surface area contributed by atoms with E-state index < -0.39 is 0 Å². The van der Waals surface area contributed by atoms with E-state index in [4.69, 9.17) is 0 Å². The van der Waals surface area contributed by atoms with E-state index in [0.29, 0.717) is 0 Å². The molecule has 1 aromatic rings. The Morgan fingerprint density at radius 1 is 1.50 bits per heavy atom. The molecule has 2 N–H and O–H groups in total. The number of nitrogens with one attached hydrogen (secondary N) is 2. The number of halogens is 1. The first-order valence-electron chi connectivity index (χ1n) is 5.66. The molecule has 1 aliphatic rings. The molecule has 1 amide bonds. The lowest BCUT2D eigenvalue weighted by molar-refractivity contribution is -0.115. The third kappa shape index (κ3) is 3.74. The molecule has 0 unspecified atom stereocenters. The third-order valence-electron chi connectivity index (χ3n) is 2.41. The van der Waals surface area contributed by atoms with Crippen LogP contribution in [0, 0.1) is 0 Å². The maximum atomic E-state index is 12.0. The Kier molecular flexibility index (Phi) is 4.66. The van der Waals surface area contributed by atoms with Gasteiger partial charge in [-0.15, -0.1) is 0 Å². The van der Waals surface area contributed by atoms with Gasteiger partial charge in [-0.3, -0.25) is 9.79 Å². The van der Waals surface area contributed by atoms with Gasteiger partial charge >= 0.3 is 0 Å². The smallest absolute Gasteiger partial charge is 0.237 e. The number of benzene rings is 1. The molecule has 4 nitrogen and oxygen atoms in total. The molecule has 96 valence electrons. The minimum Gasteiger partial charge on any atom is -0.363 e. The number of rotatable bonds is 3. The molecule has 0 saturated carbocycles.